The number of thioether (sulfide) groups is 1. The van der Waals surface area contributed by atoms with Crippen LogP contribution < -0.4 is 0 Å². The predicted molar refractivity (Wildman–Crippen MR) is 56.4 cm³/mol. The third-order valence-electron chi connectivity index (χ3n) is 3.06. The van der Waals surface area contributed by atoms with Gasteiger partial charge in [0.25, 0.3) is 0 Å². The van der Waals surface area contributed by atoms with E-state index in [4.69, 9.17) is 14.6 Å². The Morgan fingerprint density at radius 1 is 1.57 bits per heavy atom. The van der Waals surface area contributed by atoms with Gasteiger partial charge in [0, 0.05) is 11.7 Å². The number of ether oxygens (including phenoxy) is 2. The number of hydrogen-bond donors (Lipinski definition) is 1. The predicted octanol–water partition coefficient (Wildman–Crippen LogP) is 1.25. The summed E-state index contributed by atoms with van der Waals surface area (Å²) in [6.07, 6.45) is 2.32. The van der Waals surface area contributed by atoms with Crippen LogP contribution in [0.5, 0.6) is 0 Å². The highest BCUT2D eigenvalue weighted by molar-refractivity contribution is 7.99. The average Bonchev–Trinajstić information content (AvgIpc) is 2.63. The van der Waals surface area contributed by atoms with E-state index in [-0.39, 0.29) is 12.7 Å². The summed E-state index contributed by atoms with van der Waals surface area (Å²) >= 11 is 1.97. The lowest BCUT2D eigenvalue weighted by atomic mass is 9.96. The van der Waals surface area contributed by atoms with Crippen molar-refractivity contribution in [3.63, 3.8) is 0 Å². The van der Waals surface area contributed by atoms with Gasteiger partial charge in [0.15, 0.2) is 5.79 Å². The summed E-state index contributed by atoms with van der Waals surface area (Å²) in [7, 11) is 0. The SMILES string of the molecule is CC1(C2CCCSC2)OCC(CO)O1. The Morgan fingerprint density at radius 3 is 3.00 bits per heavy atom. The largest absolute Gasteiger partial charge is 0.394 e. The first-order valence-electron chi connectivity index (χ1n) is 5.25. The van der Waals surface area contributed by atoms with E-state index in [1.165, 1.54) is 18.6 Å². The van der Waals surface area contributed by atoms with Gasteiger partial charge >= 0.3 is 0 Å². The number of rotatable bonds is 2. The van der Waals surface area contributed by atoms with Crippen LogP contribution in [0.1, 0.15) is 19.8 Å². The quantitative estimate of drug-likeness (QED) is 0.757. The van der Waals surface area contributed by atoms with Crippen molar-refractivity contribution in [2.24, 2.45) is 5.92 Å². The molecule has 2 saturated heterocycles. The summed E-state index contributed by atoms with van der Waals surface area (Å²) < 4.78 is 11.4. The highest BCUT2D eigenvalue weighted by Crippen LogP contribution is 2.38. The molecule has 0 aromatic carbocycles. The van der Waals surface area contributed by atoms with Gasteiger partial charge in [-0.05, 0) is 25.5 Å². The van der Waals surface area contributed by atoms with Gasteiger partial charge in [-0.2, -0.15) is 11.8 Å². The lowest BCUT2D eigenvalue weighted by Crippen LogP contribution is -2.39. The molecule has 0 aromatic rings. The molecule has 4 heteroatoms. The fourth-order valence-corrected chi connectivity index (χ4v) is 3.41. The number of aliphatic hydroxyl groups is 1. The Hall–Kier alpha value is 0.230. The molecule has 2 heterocycles. The Bertz CT molecular complexity index is 194. The first kappa shape index (κ1) is 10.7. The van der Waals surface area contributed by atoms with Crippen LogP contribution in [0.4, 0.5) is 0 Å². The minimum absolute atomic E-state index is 0.0649. The van der Waals surface area contributed by atoms with Crippen molar-refractivity contribution < 1.29 is 14.6 Å². The second-order valence-electron chi connectivity index (χ2n) is 4.16. The fraction of sp³-hybridized carbons (Fsp3) is 1.00. The molecule has 2 fully saturated rings. The highest BCUT2D eigenvalue weighted by Gasteiger charge is 2.43. The standard InChI is InChI=1S/C10H18O3S/c1-10(8-3-2-4-14-7-8)12-6-9(5-11)13-10/h8-9,11H,2-7H2,1H3. The molecule has 14 heavy (non-hydrogen) atoms. The Morgan fingerprint density at radius 2 is 2.43 bits per heavy atom. The van der Waals surface area contributed by atoms with Crippen LogP contribution in [0.15, 0.2) is 0 Å². The maximum atomic E-state index is 8.99. The van der Waals surface area contributed by atoms with E-state index in [0.29, 0.717) is 12.5 Å². The Kier molecular flexibility index (Phi) is 3.37. The van der Waals surface area contributed by atoms with Crippen LogP contribution in [0.25, 0.3) is 0 Å². The van der Waals surface area contributed by atoms with Crippen LogP contribution >= 0.6 is 11.8 Å². The molecule has 0 aromatic heterocycles. The topological polar surface area (TPSA) is 38.7 Å². The van der Waals surface area contributed by atoms with Crippen molar-refractivity contribution in [3.8, 4) is 0 Å². The zero-order valence-electron chi connectivity index (χ0n) is 8.57. The lowest BCUT2D eigenvalue weighted by molar-refractivity contribution is -0.190. The summed E-state index contributed by atoms with van der Waals surface area (Å²) in [5, 5.41) is 8.99. The van der Waals surface area contributed by atoms with E-state index < -0.39 is 5.79 Å². The molecule has 0 bridgehead atoms. The first-order chi connectivity index (χ1) is 6.74. The molecular weight excluding hydrogens is 200 g/mol. The molecule has 3 nitrogen and oxygen atoms in total. The molecule has 3 atom stereocenters. The zero-order valence-corrected chi connectivity index (χ0v) is 9.39. The molecular formula is C10H18O3S. The summed E-state index contributed by atoms with van der Waals surface area (Å²) in [6.45, 7) is 2.61. The average molecular weight is 218 g/mol. The normalized spacial score (nSPS) is 44.1. The van der Waals surface area contributed by atoms with Gasteiger partial charge in [-0.15, -0.1) is 0 Å². The van der Waals surface area contributed by atoms with Crippen LogP contribution in [-0.2, 0) is 9.47 Å². The summed E-state index contributed by atoms with van der Waals surface area (Å²) in [6, 6.07) is 0. The maximum Gasteiger partial charge on any atom is 0.169 e. The molecule has 0 saturated carbocycles. The molecule has 2 aliphatic rings. The van der Waals surface area contributed by atoms with Crippen molar-refractivity contribution in [2.75, 3.05) is 24.7 Å². The van der Waals surface area contributed by atoms with Gasteiger partial charge in [-0.25, -0.2) is 0 Å². The second-order valence-corrected chi connectivity index (χ2v) is 5.31. The molecule has 0 aliphatic carbocycles. The Balaban J connectivity index is 1.94. The van der Waals surface area contributed by atoms with Gasteiger partial charge in [-0.1, -0.05) is 0 Å². The monoisotopic (exact) mass is 218 g/mol. The highest BCUT2D eigenvalue weighted by atomic mass is 32.2. The van der Waals surface area contributed by atoms with Crippen LogP contribution in [0.2, 0.25) is 0 Å². The first-order valence-corrected chi connectivity index (χ1v) is 6.40. The molecule has 0 amide bonds. The molecule has 0 spiro atoms. The van der Waals surface area contributed by atoms with Crippen molar-refractivity contribution in [1.82, 2.24) is 0 Å². The molecule has 2 aliphatic heterocycles. The fourth-order valence-electron chi connectivity index (χ4n) is 2.12. The van der Waals surface area contributed by atoms with Gasteiger partial charge in [0.1, 0.15) is 6.10 Å². The summed E-state index contributed by atoms with van der Waals surface area (Å²) in [5.41, 5.74) is 0. The smallest absolute Gasteiger partial charge is 0.169 e. The minimum Gasteiger partial charge on any atom is -0.394 e. The number of hydrogen-bond acceptors (Lipinski definition) is 4. The van der Waals surface area contributed by atoms with Crippen LogP contribution in [0, 0.1) is 5.92 Å². The molecule has 0 radical (unpaired) electrons. The van der Waals surface area contributed by atoms with E-state index in [9.17, 15) is 0 Å². The van der Waals surface area contributed by atoms with Gasteiger partial charge in [0.05, 0.1) is 13.2 Å². The van der Waals surface area contributed by atoms with Gasteiger partial charge < -0.3 is 14.6 Å². The summed E-state index contributed by atoms with van der Waals surface area (Å²) in [4.78, 5) is 0. The van der Waals surface area contributed by atoms with E-state index in [1.54, 1.807) is 0 Å². The molecule has 82 valence electrons. The molecule has 3 unspecified atom stereocenters. The molecule has 2 rings (SSSR count). The van der Waals surface area contributed by atoms with E-state index in [2.05, 4.69) is 0 Å². The van der Waals surface area contributed by atoms with Gasteiger partial charge in [-0.3, -0.25) is 0 Å². The second kappa shape index (κ2) is 4.39. The maximum absolute atomic E-state index is 8.99. The third kappa shape index (κ3) is 2.08. The van der Waals surface area contributed by atoms with Crippen molar-refractivity contribution >= 4 is 11.8 Å². The zero-order chi connectivity index (χ0) is 10.0. The van der Waals surface area contributed by atoms with Crippen molar-refractivity contribution in [3.05, 3.63) is 0 Å². The lowest BCUT2D eigenvalue weighted by Gasteiger charge is -2.34. The van der Waals surface area contributed by atoms with E-state index in [0.717, 1.165) is 5.75 Å². The van der Waals surface area contributed by atoms with E-state index in [1.807, 2.05) is 18.7 Å². The molecule has 1 N–H and O–H groups in total. The van der Waals surface area contributed by atoms with Crippen LogP contribution in [-0.4, -0.2) is 41.7 Å². The van der Waals surface area contributed by atoms with Crippen LogP contribution in [0.3, 0.4) is 0 Å². The van der Waals surface area contributed by atoms with Crippen molar-refractivity contribution in [1.29, 1.82) is 0 Å². The van der Waals surface area contributed by atoms with Crippen molar-refractivity contribution in [2.45, 2.75) is 31.7 Å². The van der Waals surface area contributed by atoms with E-state index >= 15 is 0 Å². The number of aliphatic hydroxyl groups excluding tert-OH is 1. The third-order valence-corrected chi connectivity index (χ3v) is 4.28. The van der Waals surface area contributed by atoms with Gasteiger partial charge in [0.2, 0.25) is 0 Å². The minimum atomic E-state index is -0.444. The Labute approximate surface area is 89.2 Å². The summed E-state index contributed by atoms with van der Waals surface area (Å²) in [5.74, 6) is 2.42.